The lowest BCUT2D eigenvalue weighted by Gasteiger charge is -2.03. The molecule has 5 heteroatoms. The van der Waals surface area contributed by atoms with Crippen molar-refractivity contribution >= 4 is 51.5 Å². The molecule has 0 atom stereocenters. The molecule has 1 N–H and O–H groups in total. The highest BCUT2D eigenvalue weighted by Gasteiger charge is 2.13. The van der Waals surface area contributed by atoms with E-state index in [0.717, 1.165) is 16.5 Å². The van der Waals surface area contributed by atoms with Crippen molar-refractivity contribution in [2.24, 2.45) is 0 Å². The molecule has 0 aliphatic carbocycles. The van der Waals surface area contributed by atoms with Gasteiger partial charge in [0.05, 0.1) is 10.0 Å². The predicted molar refractivity (Wildman–Crippen MR) is 87.8 cm³/mol. The van der Waals surface area contributed by atoms with Crippen LogP contribution in [0.25, 0.3) is 10.9 Å². The Kier molecular flexibility index (Phi) is 3.94. The number of aromatic nitrogens is 1. The van der Waals surface area contributed by atoms with E-state index in [1.165, 1.54) is 0 Å². The second-order valence-corrected chi connectivity index (χ2v) is 5.99. The van der Waals surface area contributed by atoms with Gasteiger partial charge in [-0.05, 0) is 35.9 Å². The first-order chi connectivity index (χ1) is 10.0. The zero-order valence-corrected chi connectivity index (χ0v) is 13.1. The van der Waals surface area contributed by atoms with Crippen molar-refractivity contribution < 1.29 is 4.79 Å². The Morgan fingerprint density at radius 1 is 1.00 bits per heavy atom. The summed E-state index contributed by atoms with van der Waals surface area (Å²) in [5.41, 5.74) is 2.33. The lowest BCUT2D eigenvalue weighted by atomic mass is 10.0. The summed E-state index contributed by atoms with van der Waals surface area (Å²) in [7, 11) is 0. The number of ketones is 1. The third kappa shape index (κ3) is 2.93. The summed E-state index contributed by atoms with van der Waals surface area (Å²) in [6, 6.07) is 10.6. The van der Waals surface area contributed by atoms with E-state index >= 15 is 0 Å². The van der Waals surface area contributed by atoms with Gasteiger partial charge in [0.15, 0.2) is 5.78 Å². The Bertz CT molecular complexity index is 839. The smallest absolute Gasteiger partial charge is 0.169 e. The molecule has 3 aromatic rings. The van der Waals surface area contributed by atoms with E-state index in [2.05, 4.69) is 4.98 Å². The second-order valence-electron chi connectivity index (χ2n) is 4.74. The monoisotopic (exact) mass is 337 g/mol. The number of hydrogen-bond acceptors (Lipinski definition) is 1. The van der Waals surface area contributed by atoms with Crippen molar-refractivity contribution in [1.82, 2.24) is 4.98 Å². The summed E-state index contributed by atoms with van der Waals surface area (Å²) in [6.07, 6.45) is 1.97. The number of fused-ring (bicyclic) bond motifs is 1. The van der Waals surface area contributed by atoms with Crippen molar-refractivity contribution in [3.05, 3.63) is 68.8 Å². The molecule has 1 aromatic heterocycles. The van der Waals surface area contributed by atoms with Gasteiger partial charge in [-0.25, -0.2) is 0 Å². The molecule has 0 radical (unpaired) electrons. The molecule has 21 heavy (non-hydrogen) atoms. The van der Waals surface area contributed by atoms with E-state index in [1.54, 1.807) is 36.5 Å². The third-order valence-corrected chi connectivity index (χ3v) is 4.27. The molecular weight excluding hydrogens is 329 g/mol. The van der Waals surface area contributed by atoms with Gasteiger partial charge in [-0.15, -0.1) is 0 Å². The Hall–Kier alpha value is -1.48. The number of aromatic amines is 1. The maximum Gasteiger partial charge on any atom is 0.169 e. The number of rotatable bonds is 3. The van der Waals surface area contributed by atoms with Crippen molar-refractivity contribution in [2.45, 2.75) is 6.42 Å². The van der Waals surface area contributed by atoms with Gasteiger partial charge in [0.25, 0.3) is 0 Å². The Labute approximate surface area is 136 Å². The number of halogens is 3. The summed E-state index contributed by atoms with van der Waals surface area (Å²) < 4.78 is 0. The second kappa shape index (κ2) is 5.72. The number of nitrogens with one attached hydrogen (secondary N) is 1. The fraction of sp³-hybridized carbons (Fsp3) is 0.0625. The van der Waals surface area contributed by atoms with Crippen molar-refractivity contribution in [2.75, 3.05) is 0 Å². The number of carbonyl (C=O) groups excluding carboxylic acids is 1. The summed E-state index contributed by atoms with van der Waals surface area (Å²) in [5, 5.41) is 2.36. The van der Waals surface area contributed by atoms with E-state index < -0.39 is 0 Å². The lowest BCUT2D eigenvalue weighted by Crippen LogP contribution is -2.02. The van der Waals surface area contributed by atoms with Crippen molar-refractivity contribution in [3.8, 4) is 0 Å². The first kappa shape index (κ1) is 14.5. The molecule has 1 heterocycles. The van der Waals surface area contributed by atoms with Gasteiger partial charge in [0.2, 0.25) is 0 Å². The minimum Gasteiger partial charge on any atom is -0.360 e. The fourth-order valence-electron chi connectivity index (χ4n) is 2.25. The summed E-state index contributed by atoms with van der Waals surface area (Å²) in [4.78, 5) is 15.5. The largest absolute Gasteiger partial charge is 0.360 e. The molecular formula is C16H10Cl3NO. The number of benzene rings is 2. The van der Waals surface area contributed by atoms with Crippen molar-refractivity contribution in [3.63, 3.8) is 0 Å². The van der Waals surface area contributed by atoms with E-state index in [0.29, 0.717) is 20.6 Å². The molecule has 0 bridgehead atoms. The molecule has 0 fully saturated rings. The van der Waals surface area contributed by atoms with E-state index in [-0.39, 0.29) is 12.2 Å². The number of Topliss-reactive ketones (excluding diaryl/α,β-unsaturated/α-hetero) is 1. The molecule has 0 amide bonds. The molecule has 2 aromatic carbocycles. The predicted octanol–water partition coefficient (Wildman–Crippen LogP) is 5.55. The zero-order valence-electron chi connectivity index (χ0n) is 10.8. The SMILES string of the molecule is O=C(Cc1ccc(Cl)c(Cl)c1)c1c[nH]c2ccc(Cl)cc12. The molecule has 106 valence electrons. The molecule has 0 unspecified atom stereocenters. The Morgan fingerprint density at radius 2 is 1.81 bits per heavy atom. The number of hydrogen-bond donors (Lipinski definition) is 1. The van der Waals surface area contributed by atoms with E-state index in [4.69, 9.17) is 34.8 Å². The average Bonchev–Trinajstić information content (AvgIpc) is 2.86. The van der Waals surface area contributed by atoms with Crippen LogP contribution in [0.5, 0.6) is 0 Å². The fourth-order valence-corrected chi connectivity index (χ4v) is 2.75. The summed E-state index contributed by atoms with van der Waals surface area (Å²) in [6.45, 7) is 0. The number of H-pyrrole nitrogens is 1. The molecule has 0 aliphatic rings. The minimum absolute atomic E-state index is 0.00176. The normalized spacial score (nSPS) is 11.0. The Morgan fingerprint density at radius 3 is 2.57 bits per heavy atom. The van der Waals surface area contributed by atoms with E-state index in [9.17, 15) is 4.79 Å². The maximum atomic E-state index is 12.5. The standard InChI is InChI=1S/C16H10Cl3NO/c17-10-2-4-15-11(7-10)12(8-20-15)16(21)6-9-1-3-13(18)14(19)5-9/h1-5,7-8,20H,6H2. The lowest BCUT2D eigenvalue weighted by molar-refractivity contribution is 0.0994. The van der Waals surface area contributed by atoms with Gasteiger partial charge in [-0.3, -0.25) is 4.79 Å². The summed E-state index contributed by atoms with van der Waals surface area (Å²) >= 11 is 17.8. The quantitative estimate of drug-likeness (QED) is 0.624. The van der Waals surface area contributed by atoms with Crippen LogP contribution in [0.15, 0.2) is 42.6 Å². The van der Waals surface area contributed by atoms with Crippen LogP contribution in [0.1, 0.15) is 15.9 Å². The van der Waals surface area contributed by atoms with Crippen LogP contribution >= 0.6 is 34.8 Å². The van der Waals surface area contributed by atoms with Crippen LogP contribution in [0.2, 0.25) is 15.1 Å². The first-order valence-corrected chi connectivity index (χ1v) is 7.42. The molecule has 0 saturated carbocycles. The van der Waals surface area contributed by atoms with Crippen LogP contribution in [-0.4, -0.2) is 10.8 Å². The van der Waals surface area contributed by atoms with Gasteiger partial charge in [0.1, 0.15) is 0 Å². The van der Waals surface area contributed by atoms with E-state index in [1.807, 2.05) is 6.07 Å². The maximum absolute atomic E-state index is 12.5. The average molecular weight is 339 g/mol. The molecule has 3 rings (SSSR count). The molecule has 0 saturated heterocycles. The van der Waals surface area contributed by atoms with Crippen LogP contribution < -0.4 is 0 Å². The van der Waals surface area contributed by atoms with Gasteiger partial charge in [-0.1, -0.05) is 40.9 Å². The van der Waals surface area contributed by atoms with Crippen molar-refractivity contribution in [1.29, 1.82) is 0 Å². The minimum atomic E-state index is 0.00176. The molecule has 0 aliphatic heterocycles. The topological polar surface area (TPSA) is 32.9 Å². The van der Waals surface area contributed by atoms with Crippen LogP contribution in [0.4, 0.5) is 0 Å². The Balaban J connectivity index is 1.93. The first-order valence-electron chi connectivity index (χ1n) is 6.28. The van der Waals surface area contributed by atoms with Gasteiger partial charge in [0, 0.05) is 34.1 Å². The van der Waals surface area contributed by atoms with Gasteiger partial charge >= 0.3 is 0 Å². The number of carbonyl (C=O) groups is 1. The van der Waals surface area contributed by atoms with Crippen LogP contribution in [0, 0.1) is 0 Å². The van der Waals surface area contributed by atoms with Gasteiger partial charge in [-0.2, -0.15) is 0 Å². The highest BCUT2D eigenvalue weighted by Crippen LogP contribution is 2.26. The molecule has 0 spiro atoms. The van der Waals surface area contributed by atoms with Crippen LogP contribution in [-0.2, 0) is 6.42 Å². The van der Waals surface area contributed by atoms with Crippen LogP contribution in [0.3, 0.4) is 0 Å². The highest BCUT2D eigenvalue weighted by molar-refractivity contribution is 6.42. The molecule has 2 nitrogen and oxygen atoms in total. The zero-order chi connectivity index (χ0) is 15.0. The summed E-state index contributed by atoms with van der Waals surface area (Å²) in [5.74, 6) is 0.00176. The van der Waals surface area contributed by atoms with Gasteiger partial charge < -0.3 is 4.98 Å². The third-order valence-electron chi connectivity index (χ3n) is 3.29. The highest BCUT2D eigenvalue weighted by atomic mass is 35.5.